The summed E-state index contributed by atoms with van der Waals surface area (Å²) < 4.78 is 51.4. The molecule has 1 amide bonds. The largest absolute Gasteiger partial charge is 0.417 e. The van der Waals surface area contributed by atoms with E-state index in [0.717, 1.165) is 12.3 Å². The van der Waals surface area contributed by atoms with E-state index in [1.54, 1.807) is 0 Å². The van der Waals surface area contributed by atoms with Crippen LogP contribution in [0.15, 0.2) is 29.0 Å². The maximum atomic E-state index is 13.7. The number of aliphatic hydroxyl groups is 1. The van der Waals surface area contributed by atoms with Crippen molar-refractivity contribution in [2.45, 2.75) is 12.4 Å². The van der Waals surface area contributed by atoms with Crippen molar-refractivity contribution in [3.63, 3.8) is 0 Å². The number of carbonyl (C=O) groups is 1. The third kappa shape index (κ3) is 3.55. The minimum absolute atomic E-state index is 0.0478. The number of rotatable bonds is 2. The molecule has 1 unspecified atom stereocenters. The molecule has 0 spiro atoms. The summed E-state index contributed by atoms with van der Waals surface area (Å²) in [6, 6.07) is 0.737. The number of alkyl halides is 3. The average molecular weight is 338 g/mol. The Morgan fingerprint density at radius 3 is 2.68 bits per heavy atom. The normalized spacial score (nSPS) is 17.7. The second-order valence-corrected chi connectivity index (χ2v) is 4.63. The van der Waals surface area contributed by atoms with E-state index >= 15 is 0 Å². The third-order valence-electron chi connectivity index (χ3n) is 2.61. The van der Waals surface area contributed by atoms with Gasteiger partial charge >= 0.3 is 6.18 Å². The molecule has 1 aliphatic heterocycles. The van der Waals surface area contributed by atoms with E-state index in [4.69, 9.17) is 11.6 Å². The van der Waals surface area contributed by atoms with Crippen LogP contribution in [0.4, 0.5) is 17.6 Å². The number of allylic oxidation sites excluding steroid dienone is 1. The molecule has 0 saturated carbocycles. The Morgan fingerprint density at radius 2 is 2.09 bits per heavy atom. The Bertz CT molecular complexity index is 673. The van der Waals surface area contributed by atoms with Crippen LogP contribution in [0.3, 0.4) is 0 Å². The predicted octanol–water partition coefficient (Wildman–Crippen LogP) is 2.02. The molecule has 2 rings (SSSR count). The SMILES string of the molecule is O=C(NC1=CC(O)NN=C1)c1cc(Cl)c(C(F)(F)F)cc1F. The lowest BCUT2D eigenvalue weighted by Gasteiger charge is -2.15. The lowest BCUT2D eigenvalue weighted by atomic mass is 10.1. The number of benzene rings is 1. The van der Waals surface area contributed by atoms with E-state index in [1.807, 2.05) is 0 Å². The van der Waals surface area contributed by atoms with Gasteiger partial charge in [0.2, 0.25) is 0 Å². The highest BCUT2D eigenvalue weighted by Gasteiger charge is 2.34. The summed E-state index contributed by atoms with van der Waals surface area (Å²) in [5.41, 5.74) is 0.254. The number of halogens is 5. The van der Waals surface area contributed by atoms with Crippen LogP contribution in [0.2, 0.25) is 5.02 Å². The summed E-state index contributed by atoms with van der Waals surface area (Å²) in [6.45, 7) is 0. The van der Waals surface area contributed by atoms with Gasteiger partial charge in [-0.2, -0.15) is 18.3 Å². The number of aliphatic hydroxyl groups excluding tert-OH is 1. The van der Waals surface area contributed by atoms with Gasteiger partial charge in [-0.05, 0) is 18.2 Å². The third-order valence-corrected chi connectivity index (χ3v) is 2.93. The minimum atomic E-state index is -4.83. The number of nitrogens with one attached hydrogen (secondary N) is 2. The fourth-order valence-electron chi connectivity index (χ4n) is 1.64. The number of hydrogen-bond donors (Lipinski definition) is 3. The van der Waals surface area contributed by atoms with Crippen LogP contribution in [0.1, 0.15) is 15.9 Å². The van der Waals surface area contributed by atoms with Gasteiger partial charge in [-0.3, -0.25) is 10.2 Å². The zero-order valence-electron chi connectivity index (χ0n) is 10.6. The van der Waals surface area contributed by atoms with Crippen LogP contribution < -0.4 is 10.7 Å². The number of carbonyl (C=O) groups excluding carboxylic acids is 1. The molecule has 1 aromatic carbocycles. The first-order chi connectivity index (χ1) is 10.2. The Labute approximate surface area is 126 Å². The number of hydrogen-bond acceptors (Lipinski definition) is 4. The van der Waals surface area contributed by atoms with E-state index in [0.29, 0.717) is 6.07 Å². The van der Waals surface area contributed by atoms with E-state index in [-0.39, 0.29) is 11.8 Å². The molecule has 0 fully saturated rings. The zero-order chi connectivity index (χ0) is 16.5. The first-order valence-electron chi connectivity index (χ1n) is 5.74. The Balaban J connectivity index is 2.28. The molecule has 1 heterocycles. The maximum Gasteiger partial charge on any atom is 0.417 e. The first-order valence-corrected chi connectivity index (χ1v) is 6.12. The van der Waals surface area contributed by atoms with Gasteiger partial charge in [-0.15, -0.1) is 0 Å². The monoisotopic (exact) mass is 337 g/mol. The van der Waals surface area contributed by atoms with Crippen molar-refractivity contribution in [2.75, 3.05) is 0 Å². The smallest absolute Gasteiger partial charge is 0.369 e. The van der Waals surface area contributed by atoms with Crippen LogP contribution in [0.5, 0.6) is 0 Å². The first kappa shape index (κ1) is 16.2. The van der Waals surface area contributed by atoms with Crippen LogP contribution in [-0.2, 0) is 6.18 Å². The van der Waals surface area contributed by atoms with Crippen LogP contribution in [0.25, 0.3) is 0 Å². The number of nitrogens with zero attached hydrogens (tertiary/aromatic N) is 1. The number of amides is 1. The molecule has 118 valence electrons. The molecule has 3 N–H and O–H groups in total. The Hall–Kier alpha value is -2.13. The highest BCUT2D eigenvalue weighted by atomic mass is 35.5. The fourth-order valence-corrected chi connectivity index (χ4v) is 1.91. The zero-order valence-corrected chi connectivity index (χ0v) is 11.3. The maximum absolute atomic E-state index is 13.7. The summed E-state index contributed by atoms with van der Waals surface area (Å²) in [7, 11) is 0. The molecule has 1 aliphatic rings. The Morgan fingerprint density at radius 1 is 1.41 bits per heavy atom. The van der Waals surface area contributed by atoms with Gasteiger partial charge < -0.3 is 10.4 Å². The standard InChI is InChI=1S/C12H8ClF4N3O2/c13-8-2-6(9(14)3-7(8)12(15,16)17)11(22)19-5-1-10(21)20-18-4-5/h1-4,10,20-21H,(H,19,22). The van der Waals surface area contributed by atoms with E-state index in [1.165, 1.54) is 0 Å². The molecule has 0 radical (unpaired) electrons. The van der Waals surface area contributed by atoms with Crippen molar-refractivity contribution in [3.8, 4) is 0 Å². The van der Waals surface area contributed by atoms with Crippen molar-refractivity contribution in [3.05, 3.63) is 45.9 Å². The van der Waals surface area contributed by atoms with Crippen molar-refractivity contribution >= 4 is 23.7 Å². The summed E-state index contributed by atoms with van der Waals surface area (Å²) in [5.74, 6) is -2.40. The molecule has 22 heavy (non-hydrogen) atoms. The predicted molar refractivity (Wildman–Crippen MR) is 69.6 cm³/mol. The summed E-state index contributed by atoms with van der Waals surface area (Å²) >= 11 is 5.44. The quantitative estimate of drug-likeness (QED) is 0.723. The van der Waals surface area contributed by atoms with Gasteiger partial charge in [0, 0.05) is 0 Å². The van der Waals surface area contributed by atoms with Crippen molar-refractivity contribution in [2.24, 2.45) is 5.10 Å². The molecule has 0 bridgehead atoms. The van der Waals surface area contributed by atoms with Gasteiger partial charge in [0.25, 0.3) is 5.91 Å². The Kier molecular flexibility index (Phi) is 4.38. The van der Waals surface area contributed by atoms with Crippen LogP contribution in [-0.4, -0.2) is 23.5 Å². The summed E-state index contributed by atoms with van der Waals surface area (Å²) in [4.78, 5) is 11.9. The summed E-state index contributed by atoms with van der Waals surface area (Å²) in [5, 5.41) is 14.1. The van der Waals surface area contributed by atoms with Gasteiger partial charge in [0.15, 0.2) is 6.23 Å². The lowest BCUT2D eigenvalue weighted by molar-refractivity contribution is -0.137. The van der Waals surface area contributed by atoms with Crippen molar-refractivity contribution in [1.29, 1.82) is 0 Å². The van der Waals surface area contributed by atoms with Crippen LogP contribution >= 0.6 is 11.6 Å². The average Bonchev–Trinajstić information content (AvgIpc) is 2.39. The second kappa shape index (κ2) is 5.93. The second-order valence-electron chi connectivity index (χ2n) is 4.22. The molecule has 10 heteroatoms. The summed E-state index contributed by atoms with van der Waals surface area (Å²) in [6.07, 6.45) is -3.69. The van der Waals surface area contributed by atoms with E-state index < -0.39 is 40.3 Å². The van der Waals surface area contributed by atoms with Crippen LogP contribution in [0, 0.1) is 5.82 Å². The van der Waals surface area contributed by atoms with E-state index in [2.05, 4.69) is 15.8 Å². The van der Waals surface area contributed by atoms with Gasteiger partial charge in [0.05, 0.1) is 28.1 Å². The molecule has 1 aromatic rings. The molecular formula is C12H8ClF4N3O2. The molecular weight excluding hydrogens is 330 g/mol. The van der Waals surface area contributed by atoms with E-state index in [9.17, 15) is 27.5 Å². The number of hydrazone groups is 1. The topological polar surface area (TPSA) is 73.7 Å². The molecule has 1 atom stereocenters. The van der Waals surface area contributed by atoms with Gasteiger partial charge in [-0.1, -0.05) is 11.6 Å². The van der Waals surface area contributed by atoms with Crippen molar-refractivity contribution in [1.82, 2.24) is 10.7 Å². The minimum Gasteiger partial charge on any atom is -0.369 e. The molecule has 5 nitrogen and oxygen atoms in total. The lowest BCUT2D eigenvalue weighted by Crippen LogP contribution is -2.32. The van der Waals surface area contributed by atoms with Crippen molar-refractivity contribution < 1.29 is 27.5 Å². The fraction of sp³-hybridized carbons (Fsp3) is 0.167. The van der Waals surface area contributed by atoms with Gasteiger partial charge in [-0.25, -0.2) is 4.39 Å². The highest BCUT2D eigenvalue weighted by molar-refractivity contribution is 6.31. The molecule has 0 aromatic heterocycles. The molecule has 0 saturated heterocycles. The molecule has 0 aliphatic carbocycles. The van der Waals surface area contributed by atoms with Gasteiger partial charge in [0.1, 0.15) is 5.82 Å². The highest BCUT2D eigenvalue weighted by Crippen LogP contribution is 2.35.